The van der Waals surface area contributed by atoms with Crippen LogP contribution in [-0.2, 0) is 18.2 Å². The number of aromatic nitrogens is 2. The Morgan fingerprint density at radius 3 is 2.25 bits per heavy atom. The number of hydrogen-bond acceptors (Lipinski definition) is 3. The second kappa shape index (κ2) is 6.39. The van der Waals surface area contributed by atoms with Gasteiger partial charge < -0.3 is 15.0 Å². The van der Waals surface area contributed by atoms with Gasteiger partial charge in [-0.15, -0.1) is 0 Å². The van der Waals surface area contributed by atoms with Crippen LogP contribution in [-0.4, -0.2) is 51.0 Å². The van der Waals surface area contributed by atoms with E-state index in [1.807, 2.05) is 58.2 Å². The molecule has 1 aliphatic heterocycles. The molecular formula is C18H32N4O2. The summed E-state index contributed by atoms with van der Waals surface area (Å²) in [7, 11) is 1.95. The molecule has 6 heteroatoms. The van der Waals surface area contributed by atoms with Gasteiger partial charge in [0, 0.05) is 18.8 Å². The minimum absolute atomic E-state index is 0.0221. The molecule has 136 valence electrons. The first-order valence-corrected chi connectivity index (χ1v) is 8.65. The van der Waals surface area contributed by atoms with Crippen molar-refractivity contribution in [2.45, 2.75) is 72.1 Å². The second-order valence-corrected chi connectivity index (χ2v) is 8.31. The number of aryl methyl sites for hydroxylation is 2. The number of amides is 2. The monoisotopic (exact) mass is 336 g/mol. The lowest BCUT2D eigenvalue weighted by Crippen LogP contribution is -2.61. The minimum atomic E-state index is -0.334. The first-order chi connectivity index (χ1) is 10.9. The third kappa shape index (κ3) is 4.29. The molecule has 1 N–H and O–H groups in total. The highest BCUT2D eigenvalue weighted by Gasteiger charge is 2.40. The zero-order valence-corrected chi connectivity index (χ0v) is 16.4. The molecule has 1 aromatic heterocycles. The predicted octanol–water partition coefficient (Wildman–Crippen LogP) is 2.57. The highest BCUT2D eigenvalue weighted by atomic mass is 16.5. The Kier molecular flexibility index (Phi) is 5.00. The summed E-state index contributed by atoms with van der Waals surface area (Å²) >= 11 is 0. The number of morpholine rings is 1. The molecular weight excluding hydrogens is 304 g/mol. The van der Waals surface area contributed by atoms with Crippen molar-refractivity contribution in [3.05, 3.63) is 17.0 Å². The molecule has 6 nitrogen and oxygen atoms in total. The molecule has 2 amide bonds. The lowest BCUT2D eigenvalue weighted by atomic mass is 9.99. The molecule has 0 spiro atoms. The maximum absolute atomic E-state index is 12.7. The normalized spacial score (nSPS) is 20.8. The average molecular weight is 336 g/mol. The number of carbonyl (C=O) groups excluding carboxylic acids is 1. The smallest absolute Gasteiger partial charge is 0.317 e. The largest absolute Gasteiger partial charge is 0.366 e. The molecule has 1 saturated heterocycles. The quantitative estimate of drug-likeness (QED) is 0.923. The van der Waals surface area contributed by atoms with E-state index in [1.54, 1.807) is 0 Å². The molecule has 1 unspecified atom stereocenters. The lowest BCUT2D eigenvalue weighted by molar-refractivity contribution is -0.170. The van der Waals surface area contributed by atoms with Crippen molar-refractivity contribution in [3.63, 3.8) is 0 Å². The third-order valence-corrected chi connectivity index (χ3v) is 4.52. The maximum atomic E-state index is 12.7. The van der Waals surface area contributed by atoms with Crippen molar-refractivity contribution >= 4 is 6.03 Å². The van der Waals surface area contributed by atoms with Crippen LogP contribution in [0.25, 0.3) is 0 Å². The fourth-order valence-electron chi connectivity index (χ4n) is 3.70. The van der Waals surface area contributed by atoms with E-state index in [1.165, 1.54) is 5.56 Å². The van der Waals surface area contributed by atoms with Gasteiger partial charge >= 0.3 is 6.03 Å². The summed E-state index contributed by atoms with van der Waals surface area (Å²) in [4.78, 5) is 14.6. The molecule has 0 bridgehead atoms. The van der Waals surface area contributed by atoms with Gasteiger partial charge in [0.15, 0.2) is 0 Å². The first-order valence-electron chi connectivity index (χ1n) is 8.65. The van der Waals surface area contributed by atoms with E-state index in [2.05, 4.69) is 17.3 Å². The van der Waals surface area contributed by atoms with E-state index < -0.39 is 0 Å². The van der Waals surface area contributed by atoms with Gasteiger partial charge in [-0.05, 0) is 60.5 Å². The number of rotatable bonds is 3. The summed E-state index contributed by atoms with van der Waals surface area (Å²) in [5, 5.41) is 7.58. The van der Waals surface area contributed by atoms with Crippen LogP contribution in [0, 0.1) is 13.8 Å². The van der Waals surface area contributed by atoms with Gasteiger partial charge in [0.25, 0.3) is 0 Å². The standard InChI is InChI=1S/C18H32N4O2/c1-12(9-15-13(2)20-21(8)14(15)3)19-16(23)22-10-17(4,5)24-18(6,7)11-22/h12H,9-11H2,1-8H3,(H,19,23). The van der Waals surface area contributed by atoms with Crippen LogP contribution in [0.1, 0.15) is 51.6 Å². The summed E-state index contributed by atoms with van der Waals surface area (Å²) in [6, 6.07) is 0.0271. The average Bonchev–Trinajstić information content (AvgIpc) is 2.61. The van der Waals surface area contributed by atoms with E-state index in [-0.39, 0.29) is 23.3 Å². The molecule has 1 aromatic rings. The van der Waals surface area contributed by atoms with Crippen molar-refractivity contribution in [2.24, 2.45) is 7.05 Å². The molecule has 1 fully saturated rings. The fourth-order valence-corrected chi connectivity index (χ4v) is 3.70. The summed E-state index contributed by atoms with van der Waals surface area (Å²) in [5.41, 5.74) is 2.73. The highest BCUT2D eigenvalue weighted by molar-refractivity contribution is 5.75. The Labute approximate surface area is 145 Å². The highest BCUT2D eigenvalue weighted by Crippen LogP contribution is 2.28. The van der Waals surface area contributed by atoms with Crippen molar-refractivity contribution in [1.29, 1.82) is 0 Å². The molecule has 0 aromatic carbocycles. The maximum Gasteiger partial charge on any atom is 0.317 e. The second-order valence-electron chi connectivity index (χ2n) is 8.31. The number of nitrogens with one attached hydrogen (secondary N) is 1. The molecule has 1 atom stereocenters. The summed E-state index contributed by atoms with van der Waals surface area (Å²) in [5.74, 6) is 0. The van der Waals surface area contributed by atoms with Gasteiger partial charge in [0.1, 0.15) is 0 Å². The van der Waals surface area contributed by atoms with E-state index in [9.17, 15) is 4.79 Å². The van der Waals surface area contributed by atoms with Crippen molar-refractivity contribution in [3.8, 4) is 0 Å². The Hall–Kier alpha value is -1.56. The zero-order valence-electron chi connectivity index (χ0n) is 16.4. The zero-order chi connectivity index (χ0) is 18.3. The number of hydrogen-bond donors (Lipinski definition) is 1. The lowest BCUT2D eigenvalue weighted by Gasteiger charge is -2.47. The van der Waals surface area contributed by atoms with Gasteiger partial charge in [-0.2, -0.15) is 5.10 Å². The topological polar surface area (TPSA) is 59.4 Å². The SMILES string of the molecule is Cc1nn(C)c(C)c1CC(C)NC(=O)N1CC(C)(C)OC(C)(C)C1. The number of urea groups is 1. The molecule has 0 aliphatic carbocycles. The number of ether oxygens (including phenoxy) is 1. The van der Waals surface area contributed by atoms with Crippen LogP contribution < -0.4 is 5.32 Å². The van der Waals surface area contributed by atoms with Crippen LogP contribution in [0.3, 0.4) is 0 Å². The molecule has 1 aliphatic rings. The van der Waals surface area contributed by atoms with Crippen LogP contribution in [0.15, 0.2) is 0 Å². The summed E-state index contributed by atoms with van der Waals surface area (Å²) in [6.45, 7) is 15.4. The fraction of sp³-hybridized carbons (Fsp3) is 0.778. The minimum Gasteiger partial charge on any atom is -0.366 e. The van der Waals surface area contributed by atoms with E-state index in [0.29, 0.717) is 13.1 Å². The first kappa shape index (κ1) is 18.8. The summed E-state index contributed by atoms with van der Waals surface area (Å²) in [6.07, 6.45) is 0.786. The molecule has 2 heterocycles. The molecule has 0 saturated carbocycles. The molecule has 2 rings (SSSR count). The van der Waals surface area contributed by atoms with Gasteiger partial charge in [0.05, 0.1) is 30.0 Å². The number of nitrogens with zero attached hydrogens (tertiary/aromatic N) is 3. The van der Waals surface area contributed by atoms with Crippen molar-refractivity contribution in [1.82, 2.24) is 20.0 Å². The molecule has 0 radical (unpaired) electrons. The molecule has 24 heavy (non-hydrogen) atoms. The van der Waals surface area contributed by atoms with Crippen molar-refractivity contribution < 1.29 is 9.53 Å². The van der Waals surface area contributed by atoms with Crippen molar-refractivity contribution in [2.75, 3.05) is 13.1 Å². The Bertz CT molecular complexity index is 603. The third-order valence-electron chi connectivity index (χ3n) is 4.52. The van der Waals surface area contributed by atoms with Gasteiger partial charge in [0.2, 0.25) is 0 Å². The van der Waals surface area contributed by atoms with Gasteiger partial charge in [-0.25, -0.2) is 4.79 Å². The van der Waals surface area contributed by atoms with E-state index in [4.69, 9.17) is 4.74 Å². The van der Waals surface area contributed by atoms with Crippen LogP contribution in [0.4, 0.5) is 4.79 Å². The predicted molar refractivity (Wildman–Crippen MR) is 95.2 cm³/mol. The van der Waals surface area contributed by atoms with E-state index >= 15 is 0 Å². The van der Waals surface area contributed by atoms with Gasteiger partial charge in [-0.1, -0.05) is 0 Å². The summed E-state index contributed by atoms with van der Waals surface area (Å²) < 4.78 is 7.94. The van der Waals surface area contributed by atoms with Crippen LogP contribution in [0.5, 0.6) is 0 Å². The van der Waals surface area contributed by atoms with Crippen LogP contribution in [0.2, 0.25) is 0 Å². The Morgan fingerprint density at radius 1 is 1.25 bits per heavy atom. The van der Waals surface area contributed by atoms with Crippen LogP contribution >= 0.6 is 0 Å². The van der Waals surface area contributed by atoms with E-state index in [0.717, 1.165) is 17.8 Å². The Morgan fingerprint density at radius 2 is 1.79 bits per heavy atom. The Balaban J connectivity index is 2.01. The number of carbonyl (C=O) groups is 1. The van der Waals surface area contributed by atoms with Gasteiger partial charge in [-0.3, -0.25) is 4.68 Å².